The molecule has 50 valence electrons. The Morgan fingerprint density at radius 2 is 2.00 bits per heavy atom. The lowest BCUT2D eigenvalue weighted by Crippen LogP contribution is -2.21. The lowest BCUT2D eigenvalue weighted by Gasteiger charge is -2.32. The summed E-state index contributed by atoms with van der Waals surface area (Å²) >= 11 is 0. The second-order valence-electron chi connectivity index (χ2n) is 3.64. The van der Waals surface area contributed by atoms with Crippen LogP contribution in [0.3, 0.4) is 0 Å². The molecule has 1 fully saturated rings. The van der Waals surface area contributed by atoms with Crippen molar-refractivity contribution in [3.05, 3.63) is 11.1 Å². The molecule has 0 saturated heterocycles. The van der Waals surface area contributed by atoms with E-state index in [9.17, 15) is 0 Å². The maximum atomic E-state index is 2.38. The Bertz CT molecular complexity index is 165. The van der Waals surface area contributed by atoms with Gasteiger partial charge < -0.3 is 0 Å². The maximum absolute atomic E-state index is 2.38. The van der Waals surface area contributed by atoms with Crippen LogP contribution in [0.2, 0.25) is 0 Å². The summed E-state index contributed by atoms with van der Waals surface area (Å²) in [5, 5.41) is 0. The van der Waals surface area contributed by atoms with Crippen LogP contribution in [0, 0.1) is 11.8 Å². The van der Waals surface area contributed by atoms with Crippen molar-refractivity contribution in [3.8, 4) is 0 Å². The van der Waals surface area contributed by atoms with Crippen LogP contribution >= 0.6 is 0 Å². The Morgan fingerprint density at radius 1 is 1.33 bits per heavy atom. The Hall–Kier alpha value is -0.260. The molecule has 0 heteroatoms. The Kier molecular flexibility index (Phi) is 0.992. The molecule has 0 aromatic carbocycles. The molecule has 0 aliphatic heterocycles. The second kappa shape index (κ2) is 1.62. The highest BCUT2D eigenvalue weighted by atomic mass is 14.4. The molecule has 0 aromatic rings. The lowest BCUT2D eigenvalue weighted by molar-refractivity contribution is 0.242. The normalized spacial score (nSPS) is 40.7. The second-order valence-corrected chi connectivity index (χ2v) is 3.64. The van der Waals surface area contributed by atoms with E-state index in [0.29, 0.717) is 0 Å². The van der Waals surface area contributed by atoms with Crippen LogP contribution in [0.25, 0.3) is 0 Å². The summed E-state index contributed by atoms with van der Waals surface area (Å²) < 4.78 is 0. The molecule has 2 atom stereocenters. The molecule has 0 radical (unpaired) electrons. The third-order valence-electron chi connectivity index (χ3n) is 2.95. The molecule has 2 rings (SSSR count). The van der Waals surface area contributed by atoms with Crippen LogP contribution in [0.15, 0.2) is 11.1 Å². The topological polar surface area (TPSA) is 0 Å². The van der Waals surface area contributed by atoms with E-state index in [1.807, 2.05) is 0 Å². The van der Waals surface area contributed by atoms with E-state index in [-0.39, 0.29) is 0 Å². The van der Waals surface area contributed by atoms with Gasteiger partial charge in [0.05, 0.1) is 0 Å². The molecular formula is C9H14. The minimum Gasteiger partial charge on any atom is -0.0694 e. The number of hydrogen-bond acceptors (Lipinski definition) is 0. The van der Waals surface area contributed by atoms with Gasteiger partial charge in [0.2, 0.25) is 0 Å². The fourth-order valence-electron chi connectivity index (χ4n) is 1.87. The first-order valence-electron chi connectivity index (χ1n) is 3.97. The lowest BCUT2D eigenvalue weighted by atomic mass is 9.73. The van der Waals surface area contributed by atoms with Gasteiger partial charge in [0.25, 0.3) is 0 Å². The number of hydrogen-bond donors (Lipinski definition) is 0. The van der Waals surface area contributed by atoms with Gasteiger partial charge in [0, 0.05) is 0 Å². The molecular weight excluding hydrogens is 108 g/mol. The summed E-state index contributed by atoms with van der Waals surface area (Å²) in [7, 11) is 0. The Labute approximate surface area is 57.0 Å². The quantitative estimate of drug-likeness (QED) is 0.469. The van der Waals surface area contributed by atoms with Gasteiger partial charge in [-0.2, -0.15) is 0 Å². The van der Waals surface area contributed by atoms with E-state index in [1.54, 1.807) is 11.1 Å². The van der Waals surface area contributed by atoms with Crippen molar-refractivity contribution in [2.45, 2.75) is 33.1 Å². The van der Waals surface area contributed by atoms with Gasteiger partial charge in [-0.05, 0) is 38.0 Å². The summed E-state index contributed by atoms with van der Waals surface area (Å²) in [4.78, 5) is 0. The first-order chi connectivity index (χ1) is 4.29. The van der Waals surface area contributed by atoms with Crippen molar-refractivity contribution >= 4 is 0 Å². The van der Waals surface area contributed by atoms with E-state index in [2.05, 4.69) is 13.8 Å². The minimum atomic E-state index is 1.01. The first kappa shape index (κ1) is 5.52. The summed E-state index contributed by atoms with van der Waals surface area (Å²) in [5.74, 6) is 2.03. The molecule has 0 amide bonds. The van der Waals surface area contributed by atoms with Crippen LogP contribution in [-0.2, 0) is 0 Å². The van der Waals surface area contributed by atoms with Gasteiger partial charge in [0.1, 0.15) is 0 Å². The van der Waals surface area contributed by atoms with Gasteiger partial charge in [-0.1, -0.05) is 18.1 Å². The summed E-state index contributed by atoms with van der Waals surface area (Å²) in [6, 6.07) is 0. The monoisotopic (exact) mass is 122 g/mol. The molecule has 1 saturated carbocycles. The zero-order valence-electron chi connectivity index (χ0n) is 6.28. The van der Waals surface area contributed by atoms with E-state index in [1.165, 1.54) is 19.3 Å². The average molecular weight is 122 g/mol. The zero-order valence-corrected chi connectivity index (χ0v) is 6.28. The van der Waals surface area contributed by atoms with Crippen LogP contribution in [-0.4, -0.2) is 0 Å². The zero-order chi connectivity index (χ0) is 6.43. The SMILES string of the molecule is CC1=C(C2CCC2C)C1. The summed E-state index contributed by atoms with van der Waals surface area (Å²) in [6.07, 6.45) is 4.32. The van der Waals surface area contributed by atoms with Crippen molar-refractivity contribution in [1.29, 1.82) is 0 Å². The van der Waals surface area contributed by atoms with Gasteiger partial charge in [-0.25, -0.2) is 0 Å². The van der Waals surface area contributed by atoms with Crippen LogP contribution < -0.4 is 0 Å². The van der Waals surface area contributed by atoms with Crippen molar-refractivity contribution in [2.75, 3.05) is 0 Å². The van der Waals surface area contributed by atoms with Crippen molar-refractivity contribution < 1.29 is 0 Å². The highest BCUT2D eigenvalue weighted by Crippen LogP contribution is 2.49. The Morgan fingerprint density at radius 3 is 2.11 bits per heavy atom. The smallest absolute Gasteiger partial charge is 0.0103 e. The molecule has 0 spiro atoms. The first-order valence-corrected chi connectivity index (χ1v) is 3.97. The highest BCUT2D eigenvalue weighted by molar-refractivity contribution is 5.36. The van der Waals surface area contributed by atoms with E-state index in [4.69, 9.17) is 0 Å². The molecule has 9 heavy (non-hydrogen) atoms. The molecule has 2 unspecified atom stereocenters. The minimum absolute atomic E-state index is 1.01. The molecule has 0 bridgehead atoms. The predicted molar refractivity (Wildman–Crippen MR) is 39.2 cm³/mol. The maximum Gasteiger partial charge on any atom is -0.0103 e. The number of allylic oxidation sites excluding steroid dienone is 2. The number of rotatable bonds is 1. The highest BCUT2D eigenvalue weighted by Gasteiger charge is 2.35. The van der Waals surface area contributed by atoms with Crippen molar-refractivity contribution in [3.63, 3.8) is 0 Å². The fourth-order valence-corrected chi connectivity index (χ4v) is 1.87. The van der Waals surface area contributed by atoms with E-state index in [0.717, 1.165) is 11.8 Å². The molecule has 0 heterocycles. The standard InChI is InChI=1S/C9H14/c1-6-3-4-8(6)9-5-7(9)2/h6,8H,3-5H2,1-2H3. The fraction of sp³-hybridized carbons (Fsp3) is 0.778. The average Bonchev–Trinajstić information content (AvgIpc) is 2.44. The van der Waals surface area contributed by atoms with Crippen LogP contribution in [0.4, 0.5) is 0 Å². The van der Waals surface area contributed by atoms with Crippen molar-refractivity contribution in [1.82, 2.24) is 0 Å². The van der Waals surface area contributed by atoms with Gasteiger partial charge in [-0.3, -0.25) is 0 Å². The summed E-state index contributed by atoms with van der Waals surface area (Å²) in [6.45, 7) is 4.66. The van der Waals surface area contributed by atoms with Gasteiger partial charge >= 0.3 is 0 Å². The van der Waals surface area contributed by atoms with E-state index < -0.39 is 0 Å². The molecule has 0 nitrogen and oxygen atoms in total. The summed E-state index contributed by atoms with van der Waals surface area (Å²) in [5.41, 5.74) is 3.49. The largest absolute Gasteiger partial charge is 0.0694 e. The van der Waals surface area contributed by atoms with E-state index >= 15 is 0 Å². The van der Waals surface area contributed by atoms with Gasteiger partial charge in [-0.15, -0.1) is 0 Å². The predicted octanol–water partition coefficient (Wildman–Crippen LogP) is 2.75. The Balaban J connectivity index is 2.01. The van der Waals surface area contributed by atoms with Crippen molar-refractivity contribution in [2.24, 2.45) is 11.8 Å². The molecule has 0 aromatic heterocycles. The van der Waals surface area contributed by atoms with Crippen LogP contribution in [0.1, 0.15) is 33.1 Å². The molecule has 2 aliphatic rings. The molecule has 2 aliphatic carbocycles. The van der Waals surface area contributed by atoms with Gasteiger partial charge in [0.15, 0.2) is 0 Å². The molecule has 0 N–H and O–H groups in total. The van der Waals surface area contributed by atoms with Crippen LogP contribution in [0.5, 0.6) is 0 Å². The third kappa shape index (κ3) is 0.726. The third-order valence-corrected chi connectivity index (χ3v) is 2.95.